The lowest BCUT2D eigenvalue weighted by molar-refractivity contribution is 0.324. The van der Waals surface area contributed by atoms with E-state index in [2.05, 4.69) is 15.1 Å². The van der Waals surface area contributed by atoms with Crippen molar-refractivity contribution in [2.24, 2.45) is 5.16 Å². The monoisotopic (exact) mass is 193 g/mol. The van der Waals surface area contributed by atoms with Crippen molar-refractivity contribution in [2.75, 3.05) is 0 Å². The van der Waals surface area contributed by atoms with Crippen molar-refractivity contribution < 1.29 is 4.84 Å². The number of aromatic nitrogens is 2. The summed E-state index contributed by atoms with van der Waals surface area (Å²) in [5, 5.41) is 3.92. The van der Waals surface area contributed by atoms with Gasteiger partial charge in [0.15, 0.2) is 0 Å². The lowest BCUT2D eigenvalue weighted by atomic mass is 10.3. The highest BCUT2D eigenvalue weighted by Gasteiger charge is 1.99. The van der Waals surface area contributed by atoms with Crippen molar-refractivity contribution in [2.45, 2.75) is 34.1 Å². The lowest BCUT2D eigenvalue weighted by Gasteiger charge is -2.01. The van der Waals surface area contributed by atoms with E-state index in [1.807, 2.05) is 27.7 Å². The second-order valence-corrected chi connectivity index (χ2v) is 3.17. The maximum Gasteiger partial charge on any atom is 0.252 e. The van der Waals surface area contributed by atoms with Crippen LogP contribution >= 0.6 is 0 Å². The molecule has 0 aliphatic rings. The van der Waals surface area contributed by atoms with Crippen molar-refractivity contribution >= 4 is 5.71 Å². The molecule has 1 rings (SSSR count). The topological polar surface area (TPSA) is 47.4 Å². The van der Waals surface area contributed by atoms with Crippen LogP contribution in [0.2, 0.25) is 0 Å². The Morgan fingerprint density at radius 2 is 2.14 bits per heavy atom. The average Bonchev–Trinajstić information content (AvgIpc) is 2.12. The molecule has 0 aromatic carbocycles. The predicted molar refractivity (Wildman–Crippen MR) is 55.5 cm³/mol. The Morgan fingerprint density at radius 1 is 1.43 bits per heavy atom. The molecule has 0 saturated heterocycles. The van der Waals surface area contributed by atoms with Gasteiger partial charge in [0, 0.05) is 11.8 Å². The summed E-state index contributed by atoms with van der Waals surface area (Å²) in [6.07, 6.45) is 0.878. The van der Waals surface area contributed by atoms with Crippen molar-refractivity contribution in [3.63, 3.8) is 0 Å². The quantitative estimate of drug-likeness (QED) is 0.546. The minimum absolute atomic E-state index is 0.503. The molecule has 0 spiro atoms. The fourth-order valence-electron chi connectivity index (χ4n) is 0.919. The smallest absolute Gasteiger partial charge is 0.252 e. The van der Waals surface area contributed by atoms with Gasteiger partial charge >= 0.3 is 0 Å². The van der Waals surface area contributed by atoms with Crippen LogP contribution in [0.25, 0.3) is 0 Å². The maximum absolute atomic E-state index is 5.16. The number of oxime groups is 1. The van der Waals surface area contributed by atoms with Crippen LogP contribution in [0, 0.1) is 13.8 Å². The number of nitrogens with zero attached hydrogens (tertiary/aromatic N) is 3. The van der Waals surface area contributed by atoms with Gasteiger partial charge in [0.05, 0.1) is 5.71 Å². The molecule has 0 aliphatic carbocycles. The van der Waals surface area contributed by atoms with Crippen LogP contribution in [0.15, 0.2) is 11.2 Å². The summed E-state index contributed by atoms with van der Waals surface area (Å²) in [6, 6.07) is 1.76. The second kappa shape index (κ2) is 4.69. The Balaban J connectivity index is 2.77. The first-order valence-electron chi connectivity index (χ1n) is 4.64. The van der Waals surface area contributed by atoms with E-state index in [1.54, 1.807) is 6.07 Å². The van der Waals surface area contributed by atoms with Crippen molar-refractivity contribution in [3.05, 3.63) is 17.6 Å². The van der Waals surface area contributed by atoms with Crippen molar-refractivity contribution in [1.29, 1.82) is 0 Å². The zero-order valence-electron chi connectivity index (χ0n) is 9.03. The number of hydrogen-bond acceptors (Lipinski definition) is 4. The Bertz CT molecular complexity index is 327. The van der Waals surface area contributed by atoms with E-state index in [1.165, 1.54) is 0 Å². The molecule has 0 amide bonds. The number of aryl methyl sites for hydroxylation is 2. The van der Waals surface area contributed by atoms with E-state index in [4.69, 9.17) is 4.84 Å². The van der Waals surface area contributed by atoms with Gasteiger partial charge in [0.25, 0.3) is 5.88 Å². The van der Waals surface area contributed by atoms with Crippen LogP contribution in [0.4, 0.5) is 0 Å². The standard InChI is InChI=1S/C10H15N3O/c1-5-7(2)13-14-10-6-8(3)11-9(4)12-10/h6H,5H2,1-4H3/b13-7-. The number of rotatable bonds is 3. The van der Waals surface area contributed by atoms with Crippen LogP contribution in [0.3, 0.4) is 0 Å². The van der Waals surface area contributed by atoms with Crippen LogP contribution in [0.5, 0.6) is 5.88 Å². The first-order valence-corrected chi connectivity index (χ1v) is 4.64. The predicted octanol–water partition coefficient (Wildman–Crippen LogP) is 2.26. The Hall–Kier alpha value is -1.45. The highest BCUT2D eigenvalue weighted by atomic mass is 16.6. The molecule has 0 fully saturated rings. The fraction of sp³-hybridized carbons (Fsp3) is 0.500. The molecule has 4 nitrogen and oxygen atoms in total. The van der Waals surface area contributed by atoms with Gasteiger partial charge in [-0.05, 0) is 27.2 Å². The van der Waals surface area contributed by atoms with Gasteiger partial charge < -0.3 is 4.84 Å². The van der Waals surface area contributed by atoms with Crippen molar-refractivity contribution in [1.82, 2.24) is 9.97 Å². The molecule has 0 unspecified atom stereocenters. The molecule has 1 aromatic heterocycles. The summed E-state index contributed by atoms with van der Waals surface area (Å²) in [7, 11) is 0. The molecule has 76 valence electrons. The van der Waals surface area contributed by atoms with Gasteiger partial charge in [-0.1, -0.05) is 12.1 Å². The van der Waals surface area contributed by atoms with E-state index in [0.29, 0.717) is 11.7 Å². The maximum atomic E-state index is 5.16. The highest BCUT2D eigenvalue weighted by Crippen LogP contribution is 2.08. The van der Waals surface area contributed by atoms with Crippen LogP contribution in [0.1, 0.15) is 31.8 Å². The van der Waals surface area contributed by atoms with Gasteiger partial charge in [-0.3, -0.25) is 0 Å². The van der Waals surface area contributed by atoms with E-state index >= 15 is 0 Å². The summed E-state index contributed by atoms with van der Waals surface area (Å²) in [5.41, 5.74) is 1.83. The Morgan fingerprint density at radius 3 is 2.71 bits per heavy atom. The first-order chi connectivity index (χ1) is 6.61. The summed E-state index contributed by atoms with van der Waals surface area (Å²) in [6.45, 7) is 7.67. The molecular formula is C10H15N3O. The van der Waals surface area contributed by atoms with E-state index < -0.39 is 0 Å². The molecule has 0 atom stereocenters. The third kappa shape index (κ3) is 3.12. The average molecular weight is 193 g/mol. The SMILES string of the molecule is CC/C(C)=N\Oc1cc(C)nc(C)n1. The minimum atomic E-state index is 0.503. The molecule has 4 heteroatoms. The number of hydrogen-bond donors (Lipinski definition) is 0. The van der Waals surface area contributed by atoms with Crippen molar-refractivity contribution in [3.8, 4) is 5.88 Å². The molecule has 0 radical (unpaired) electrons. The van der Waals surface area contributed by atoms with E-state index in [-0.39, 0.29) is 0 Å². The second-order valence-electron chi connectivity index (χ2n) is 3.17. The fourth-order valence-corrected chi connectivity index (χ4v) is 0.919. The van der Waals surface area contributed by atoms with Gasteiger partial charge in [-0.15, -0.1) is 0 Å². The van der Waals surface area contributed by atoms with Gasteiger partial charge in [0.1, 0.15) is 5.82 Å². The zero-order valence-corrected chi connectivity index (χ0v) is 9.03. The van der Waals surface area contributed by atoms with Gasteiger partial charge in [0.2, 0.25) is 0 Å². The summed E-state index contributed by atoms with van der Waals surface area (Å²) < 4.78 is 0. The molecule has 0 aliphatic heterocycles. The van der Waals surface area contributed by atoms with E-state index in [9.17, 15) is 0 Å². The van der Waals surface area contributed by atoms with Gasteiger partial charge in [-0.25, -0.2) is 4.98 Å². The third-order valence-corrected chi connectivity index (χ3v) is 1.75. The molecule has 14 heavy (non-hydrogen) atoms. The molecule has 0 N–H and O–H groups in total. The normalized spacial score (nSPS) is 11.6. The summed E-state index contributed by atoms with van der Waals surface area (Å²) in [4.78, 5) is 13.4. The Kier molecular flexibility index (Phi) is 3.56. The molecule has 0 bridgehead atoms. The molecule has 1 heterocycles. The largest absolute Gasteiger partial charge is 0.337 e. The van der Waals surface area contributed by atoms with Crippen LogP contribution in [-0.2, 0) is 0 Å². The lowest BCUT2D eigenvalue weighted by Crippen LogP contribution is -1.97. The highest BCUT2D eigenvalue weighted by molar-refractivity contribution is 5.80. The van der Waals surface area contributed by atoms with Crippen LogP contribution < -0.4 is 4.84 Å². The minimum Gasteiger partial charge on any atom is -0.337 e. The summed E-state index contributed by atoms with van der Waals surface area (Å²) >= 11 is 0. The molecule has 1 aromatic rings. The third-order valence-electron chi connectivity index (χ3n) is 1.75. The van der Waals surface area contributed by atoms with Crippen LogP contribution in [-0.4, -0.2) is 15.7 Å². The molecule has 0 saturated carbocycles. The zero-order chi connectivity index (χ0) is 10.6. The molecular weight excluding hydrogens is 178 g/mol. The Labute approximate surface area is 84.0 Å². The van der Waals surface area contributed by atoms with Gasteiger partial charge in [-0.2, -0.15) is 4.98 Å². The van der Waals surface area contributed by atoms with E-state index in [0.717, 1.165) is 17.8 Å². The first kappa shape index (κ1) is 10.6. The summed E-state index contributed by atoms with van der Waals surface area (Å²) in [5.74, 6) is 1.20.